The lowest BCUT2D eigenvalue weighted by Gasteiger charge is -2.27. The predicted octanol–water partition coefficient (Wildman–Crippen LogP) is 1.38. The molecule has 0 bridgehead atoms. The van der Waals surface area contributed by atoms with Crippen LogP contribution in [0.1, 0.15) is 12.8 Å². The van der Waals surface area contributed by atoms with Crippen LogP contribution in [0.4, 0.5) is 0 Å². The van der Waals surface area contributed by atoms with E-state index in [1.807, 2.05) is 6.20 Å². The van der Waals surface area contributed by atoms with Crippen LogP contribution in [0.2, 0.25) is 0 Å². The Kier molecular flexibility index (Phi) is 1.68. The first-order valence-electron chi connectivity index (χ1n) is 4.34. The van der Waals surface area contributed by atoms with Crippen molar-refractivity contribution < 1.29 is 0 Å². The van der Waals surface area contributed by atoms with Crippen LogP contribution < -0.4 is 5.73 Å². The monoisotopic (exact) mass is 162 g/mol. The van der Waals surface area contributed by atoms with Crippen molar-refractivity contribution in [2.45, 2.75) is 12.8 Å². The van der Waals surface area contributed by atoms with E-state index in [-0.39, 0.29) is 0 Å². The van der Waals surface area contributed by atoms with Crippen molar-refractivity contribution in [2.75, 3.05) is 13.6 Å². The topological polar surface area (TPSA) is 29.3 Å². The molecule has 12 heavy (non-hydrogen) atoms. The number of likely N-dealkylation sites (N-methyl/N-ethyl adjacent to an activating group) is 1. The third-order valence-electron chi connectivity index (χ3n) is 2.40. The van der Waals surface area contributed by atoms with E-state index in [2.05, 4.69) is 24.1 Å². The Morgan fingerprint density at radius 2 is 2.33 bits per heavy atom. The molecule has 0 aromatic rings. The van der Waals surface area contributed by atoms with E-state index in [1.165, 1.54) is 11.1 Å². The molecule has 0 aromatic heterocycles. The minimum Gasteiger partial charge on any atom is -0.397 e. The summed E-state index contributed by atoms with van der Waals surface area (Å²) in [6, 6.07) is 0. The van der Waals surface area contributed by atoms with E-state index >= 15 is 0 Å². The highest BCUT2D eigenvalue weighted by Gasteiger charge is 2.15. The average molecular weight is 162 g/mol. The quantitative estimate of drug-likeness (QED) is 0.583. The lowest BCUT2D eigenvalue weighted by Crippen LogP contribution is -2.24. The van der Waals surface area contributed by atoms with E-state index in [9.17, 15) is 0 Å². The van der Waals surface area contributed by atoms with Gasteiger partial charge in [-0.1, -0.05) is 12.2 Å². The Morgan fingerprint density at radius 1 is 1.50 bits per heavy atom. The lowest BCUT2D eigenvalue weighted by molar-refractivity contribution is 0.482. The normalized spacial score (nSPS) is 22.4. The van der Waals surface area contributed by atoms with Gasteiger partial charge in [0, 0.05) is 19.8 Å². The lowest BCUT2D eigenvalue weighted by atomic mass is 9.93. The van der Waals surface area contributed by atoms with Crippen LogP contribution in [0, 0.1) is 0 Å². The summed E-state index contributed by atoms with van der Waals surface area (Å²) in [6.07, 6.45) is 8.71. The largest absolute Gasteiger partial charge is 0.397 e. The van der Waals surface area contributed by atoms with E-state index in [0.717, 1.165) is 25.1 Å². The van der Waals surface area contributed by atoms with Gasteiger partial charge in [0.2, 0.25) is 0 Å². The van der Waals surface area contributed by atoms with Gasteiger partial charge < -0.3 is 10.6 Å². The number of nitrogens with two attached hydrogens (primary N) is 1. The van der Waals surface area contributed by atoms with Crippen LogP contribution in [0.15, 0.2) is 35.2 Å². The van der Waals surface area contributed by atoms with Gasteiger partial charge >= 0.3 is 0 Å². The Bertz CT molecular complexity index is 284. The van der Waals surface area contributed by atoms with Gasteiger partial charge in [-0.2, -0.15) is 0 Å². The molecule has 2 rings (SSSR count). The van der Waals surface area contributed by atoms with Crippen molar-refractivity contribution >= 4 is 0 Å². The molecule has 0 amide bonds. The van der Waals surface area contributed by atoms with Crippen molar-refractivity contribution in [3.8, 4) is 0 Å². The van der Waals surface area contributed by atoms with Gasteiger partial charge in [-0.3, -0.25) is 0 Å². The van der Waals surface area contributed by atoms with Crippen LogP contribution in [0.5, 0.6) is 0 Å². The highest BCUT2D eigenvalue weighted by Crippen LogP contribution is 2.26. The summed E-state index contributed by atoms with van der Waals surface area (Å²) >= 11 is 0. The first kappa shape index (κ1) is 7.47. The summed E-state index contributed by atoms with van der Waals surface area (Å²) in [5, 5.41) is 0. The molecule has 0 fully saturated rings. The maximum absolute atomic E-state index is 5.91. The summed E-state index contributed by atoms with van der Waals surface area (Å²) in [5.74, 6) is 0. The zero-order valence-electron chi connectivity index (χ0n) is 7.38. The summed E-state index contributed by atoms with van der Waals surface area (Å²) in [7, 11) is 2.05. The molecule has 2 N–H and O–H groups in total. The summed E-state index contributed by atoms with van der Waals surface area (Å²) in [5.41, 5.74) is 9.60. The number of nitrogens with zero attached hydrogens (tertiary/aromatic N) is 1. The second-order valence-corrected chi connectivity index (χ2v) is 3.44. The van der Waals surface area contributed by atoms with Crippen molar-refractivity contribution in [2.24, 2.45) is 5.73 Å². The second-order valence-electron chi connectivity index (χ2n) is 3.44. The Hall–Kier alpha value is -1.18. The highest BCUT2D eigenvalue weighted by atomic mass is 15.1. The molecular formula is C10H14N2. The second kappa shape index (κ2) is 2.70. The summed E-state index contributed by atoms with van der Waals surface area (Å²) in [6.45, 7) is 1.01. The third kappa shape index (κ3) is 1.13. The number of rotatable bonds is 0. The molecule has 0 unspecified atom stereocenters. The van der Waals surface area contributed by atoms with E-state index < -0.39 is 0 Å². The molecular weight excluding hydrogens is 148 g/mol. The van der Waals surface area contributed by atoms with Gasteiger partial charge in [0.05, 0.1) is 5.70 Å². The van der Waals surface area contributed by atoms with Gasteiger partial charge in [0.15, 0.2) is 0 Å². The fraction of sp³-hybridized carbons (Fsp3) is 0.400. The zero-order chi connectivity index (χ0) is 8.55. The number of allylic oxidation sites excluding steroid dienone is 2. The molecule has 0 radical (unpaired) electrons. The third-order valence-corrected chi connectivity index (χ3v) is 2.40. The molecule has 1 heterocycles. The molecule has 0 aromatic carbocycles. The smallest absolute Gasteiger partial charge is 0.0511 e. The average Bonchev–Trinajstić information content (AvgIpc) is 2.04. The van der Waals surface area contributed by atoms with Crippen molar-refractivity contribution in [1.29, 1.82) is 0 Å². The molecule has 2 heteroatoms. The fourth-order valence-electron chi connectivity index (χ4n) is 1.82. The predicted molar refractivity (Wildman–Crippen MR) is 50.3 cm³/mol. The van der Waals surface area contributed by atoms with Gasteiger partial charge in [-0.05, 0) is 24.0 Å². The molecule has 0 saturated carbocycles. The van der Waals surface area contributed by atoms with Gasteiger partial charge in [-0.15, -0.1) is 0 Å². The Labute approximate surface area is 73.0 Å². The molecule has 64 valence electrons. The van der Waals surface area contributed by atoms with E-state index in [1.54, 1.807) is 0 Å². The number of hydrogen-bond acceptors (Lipinski definition) is 2. The van der Waals surface area contributed by atoms with Gasteiger partial charge in [0.25, 0.3) is 0 Å². The molecule has 1 aliphatic heterocycles. The van der Waals surface area contributed by atoms with Crippen molar-refractivity contribution in [3.63, 3.8) is 0 Å². The first-order chi connectivity index (χ1) is 5.77. The molecule has 2 aliphatic rings. The minimum atomic E-state index is 0.947. The highest BCUT2D eigenvalue weighted by molar-refractivity contribution is 5.44. The fourth-order valence-corrected chi connectivity index (χ4v) is 1.82. The van der Waals surface area contributed by atoms with Gasteiger partial charge in [0.1, 0.15) is 0 Å². The SMILES string of the molecule is CN1C=C(N)C2=C(C=CCC2)C1. The molecule has 2 nitrogen and oxygen atoms in total. The van der Waals surface area contributed by atoms with Crippen LogP contribution in [0.25, 0.3) is 0 Å². The van der Waals surface area contributed by atoms with Crippen molar-refractivity contribution in [3.05, 3.63) is 35.2 Å². The summed E-state index contributed by atoms with van der Waals surface area (Å²) < 4.78 is 0. The van der Waals surface area contributed by atoms with Gasteiger partial charge in [-0.25, -0.2) is 0 Å². The Morgan fingerprint density at radius 3 is 3.17 bits per heavy atom. The van der Waals surface area contributed by atoms with Crippen LogP contribution in [-0.2, 0) is 0 Å². The van der Waals surface area contributed by atoms with E-state index in [0.29, 0.717) is 0 Å². The maximum Gasteiger partial charge on any atom is 0.0511 e. The number of hydrogen-bond donors (Lipinski definition) is 1. The van der Waals surface area contributed by atoms with Crippen LogP contribution in [-0.4, -0.2) is 18.5 Å². The first-order valence-corrected chi connectivity index (χ1v) is 4.34. The van der Waals surface area contributed by atoms with Crippen molar-refractivity contribution in [1.82, 2.24) is 4.90 Å². The van der Waals surface area contributed by atoms with Crippen LogP contribution in [0.3, 0.4) is 0 Å². The minimum absolute atomic E-state index is 0.947. The molecule has 0 spiro atoms. The Balaban J connectivity index is 2.36. The summed E-state index contributed by atoms with van der Waals surface area (Å²) in [4.78, 5) is 2.13. The molecule has 0 saturated heterocycles. The maximum atomic E-state index is 5.91. The zero-order valence-corrected chi connectivity index (χ0v) is 7.38. The van der Waals surface area contributed by atoms with Crippen LogP contribution >= 0.6 is 0 Å². The van der Waals surface area contributed by atoms with E-state index in [4.69, 9.17) is 5.73 Å². The molecule has 1 aliphatic carbocycles. The standard InChI is InChI=1S/C10H14N2/c1-12-6-8-4-2-3-5-9(8)10(11)7-12/h2,4,7H,3,5-6,11H2,1H3. The molecule has 0 atom stereocenters.